The molecule has 1 aromatic heterocycles. The van der Waals surface area contributed by atoms with Gasteiger partial charge in [0.25, 0.3) is 11.8 Å². The lowest BCUT2D eigenvalue weighted by atomic mass is 9.93. The fourth-order valence-electron chi connectivity index (χ4n) is 3.92. The van der Waals surface area contributed by atoms with Gasteiger partial charge in [-0.2, -0.15) is 0 Å². The quantitative estimate of drug-likeness (QED) is 0.877. The number of hydrogen-bond donors (Lipinski definition) is 1. The molecule has 4 rings (SSSR count). The minimum atomic E-state index is -0.145. The zero-order valence-corrected chi connectivity index (χ0v) is 16.3. The Morgan fingerprint density at radius 1 is 1.33 bits per heavy atom. The SMILES string of the molecule is Cc1cccc(C(=O)N2C[C@@H]3[C@H](CNC(=O)c4csc(C)n4)CO[C@@H]3C2)c1. The fraction of sp³-hybridized carbons (Fsp3) is 0.450. The molecular weight excluding hydrogens is 362 g/mol. The van der Waals surface area contributed by atoms with Gasteiger partial charge in [-0.3, -0.25) is 9.59 Å². The molecule has 2 amide bonds. The van der Waals surface area contributed by atoms with E-state index in [1.807, 2.05) is 43.0 Å². The number of aryl methyl sites for hydroxylation is 2. The summed E-state index contributed by atoms with van der Waals surface area (Å²) >= 11 is 1.47. The molecular formula is C20H23N3O3S. The Labute approximate surface area is 162 Å². The van der Waals surface area contributed by atoms with Crippen LogP contribution >= 0.6 is 11.3 Å². The van der Waals surface area contributed by atoms with Gasteiger partial charge in [-0.25, -0.2) is 4.98 Å². The Balaban J connectivity index is 1.35. The van der Waals surface area contributed by atoms with Crippen molar-refractivity contribution in [3.63, 3.8) is 0 Å². The molecule has 142 valence electrons. The van der Waals surface area contributed by atoms with Crippen LogP contribution in [-0.4, -0.2) is 54.0 Å². The Morgan fingerprint density at radius 3 is 2.93 bits per heavy atom. The van der Waals surface area contributed by atoms with Gasteiger partial charge in [-0.05, 0) is 26.0 Å². The van der Waals surface area contributed by atoms with Gasteiger partial charge in [0.1, 0.15) is 5.69 Å². The third-order valence-corrected chi connectivity index (χ3v) is 6.14. The number of aromatic nitrogens is 1. The molecule has 1 aromatic carbocycles. The number of rotatable bonds is 4. The van der Waals surface area contributed by atoms with Crippen LogP contribution in [0.2, 0.25) is 0 Å². The fourth-order valence-corrected chi connectivity index (χ4v) is 4.51. The first-order valence-electron chi connectivity index (χ1n) is 9.19. The predicted octanol–water partition coefficient (Wildman–Crippen LogP) is 2.28. The third-order valence-electron chi connectivity index (χ3n) is 5.37. The lowest BCUT2D eigenvalue weighted by molar-refractivity contribution is 0.0674. The average Bonchev–Trinajstić information content (AvgIpc) is 3.35. The zero-order chi connectivity index (χ0) is 19.0. The number of benzene rings is 1. The first kappa shape index (κ1) is 18.1. The molecule has 0 bridgehead atoms. The number of nitrogens with one attached hydrogen (secondary N) is 1. The Kier molecular flexibility index (Phi) is 4.97. The van der Waals surface area contributed by atoms with Crippen molar-refractivity contribution >= 4 is 23.2 Å². The number of thiazole rings is 1. The molecule has 1 N–H and O–H groups in total. The summed E-state index contributed by atoms with van der Waals surface area (Å²) < 4.78 is 5.91. The van der Waals surface area contributed by atoms with Crippen molar-refractivity contribution < 1.29 is 14.3 Å². The van der Waals surface area contributed by atoms with Crippen LogP contribution in [0.4, 0.5) is 0 Å². The summed E-state index contributed by atoms with van der Waals surface area (Å²) in [6.45, 7) is 6.33. The molecule has 0 spiro atoms. The Bertz CT molecular complexity index is 866. The normalized spacial score (nSPS) is 24.1. The second kappa shape index (κ2) is 7.40. The van der Waals surface area contributed by atoms with Gasteiger partial charge in [0, 0.05) is 42.4 Å². The molecule has 2 aliphatic rings. The standard InChI is InChI=1S/C20H23N3O3S/c1-12-4-3-5-14(6-12)20(25)23-8-16-15(10-26-18(16)9-23)7-21-19(24)17-11-27-13(2)22-17/h3-6,11,15-16,18H,7-10H2,1-2H3,(H,21,24)/t15-,16-,18-/m1/s1. The largest absolute Gasteiger partial charge is 0.376 e. The molecule has 6 nitrogen and oxygen atoms in total. The van der Waals surface area contributed by atoms with E-state index in [9.17, 15) is 9.59 Å². The molecule has 2 fully saturated rings. The van der Waals surface area contributed by atoms with Crippen molar-refractivity contribution in [3.05, 3.63) is 51.5 Å². The zero-order valence-electron chi connectivity index (χ0n) is 15.5. The highest BCUT2D eigenvalue weighted by molar-refractivity contribution is 7.09. The Morgan fingerprint density at radius 2 is 2.19 bits per heavy atom. The van der Waals surface area contributed by atoms with Crippen LogP contribution in [0.5, 0.6) is 0 Å². The number of likely N-dealkylation sites (tertiary alicyclic amines) is 1. The maximum absolute atomic E-state index is 12.8. The molecule has 3 atom stereocenters. The number of hydrogen-bond acceptors (Lipinski definition) is 5. The number of ether oxygens (including phenoxy) is 1. The van der Waals surface area contributed by atoms with E-state index >= 15 is 0 Å². The second-order valence-corrected chi connectivity index (χ2v) is 8.40. The predicted molar refractivity (Wildman–Crippen MR) is 103 cm³/mol. The van der Waals surface area contributed by atoms with E-state index in [0.29, 0.717) is 31.9 Å². The van der Waals surface area contributed by atoms with Gasteiger partial charge in [0.15, 0.2) is 0 Å². The smallest absolute Gasteiger partial charge is 0.270 e. The van der Waals surface area contributed by atoms with Crippen molar-refractivity contribution in [1.29, 1.82) is 0 Å². The maximum Gasteiger partial charge on any atom is 0.270 e. The van der Waals surface area contributed by atoms with Crippen LogP contribution in [0.25, 0.3) is 0 Å². The van der Waals surface area contributed by atoms with E-state index in [0.717, 1.165) is 16.1 Å². The average molecular weight is 385 g/mol. The lowest BCUT2D eigenvalue weighted by Crippen LogP contribution is -2.35. The number of carbonyl (C=O) groups is 2. The summed E-state index contributed by atoms with van der Waals surface area (Å²) in [5.41, 5.74) is 2.27. The van der Waals surface area contributed by atoms with Crippen molar-refractivity contribution in [1.82, 2.24) is 15.2 Å². The van der Waals surface area contributed by atoms with Crippen LogP contribution in [0, 0.1) is 25.7 Å². The van der Waals surface area contributed by atoms with E-state index in [4.69, 9.17) is 4.74 Å². The van der Waals surface area contributed by atoms with Crippen molar-refractivity contribution in [2.45, 2.75) is 20.0 Å². The summed E-state index contributed by atoms with van der Waals surface area (Å²) in [6, 6.07) is 7.68. The third kappa shape index (κ3) is 3.75. The van der Waals surface area contributed by atoms with Crippen molar-refractivity contribution in [2.75, 3.05) is 26.2 Å². The lowest BCUT2D eigenvalue weighted by Gasteiger charge is -2.20. The summed E-state index contributed by atoms with van der Waals surface area (Å²) in [4.78, 5) is 31.1. The minimum Gasteiger partial charge on any atom is -0.376 e. The highest BCUT2D eigenvalue weighted by Gasteiger charge is 2.45. The molecule has 0 aliphatic carbocycles. The van der Waals surface area contributed by atoms with E-state index in [2.05, 4.69) is 10.3 Å². The van der Waals surface area contributed by atoms with Crippen LogP contribution in [0.15, 0.2) is 29.6 Å². The number of nitrogens with zero attached hydrogens (tertiary/aromatic N) is 2. The van der Waals surface area contributed by atoms with E-state index in [1.54, 1.807) is 5.38 Å². The molecule has 2 aromatic rings. The summed E-state index contributed by atoms with van der Waals surface area (Å²) in [6.07, 6.45) is 0.0576. The summed E-state index contributed by atoms with van der Waals surface area (Å²) in [5, 5.41) is 5.63. The number of carbonyl (C=O) groups excluding carboxylic acids is 2. The highest BCUT2D eigenvalue weighted by atomic mass is 32.1. The van der Waals surface area contributed by atoms with E-state index < -0.39 is 0 Å². The first-order valence-corrected chi connectivity index (χ1v) is 10.1. The molecule has 2 aliphatic heterocycles. The molecule has 0 unspecified atom stereocenters. The van der Waals surface area contributed by atoms with Gasteiger partial charge < -0.3 is 15.0 Å². The van der Waals surface area contributed by atoms with Gasteiger partial charge in [-0.15, -0.1) is 11.3 Å². The summed E-state index contributed by atoms with van der Waals surface area (Å²) in [5.74, 6) is 0.385. The summed E-state index contributed by atoms with van der Waals surface area (Å²) in [7, 11) is 0. The first-order chi connectivity index (χ1) is 13.0. The van der Waals surface area contributed by atoms with Crippen molar-refractivity contribution in [3.8, 4) is 0 Å². The highest BCUT2D eigenvalue weighted by Crippen LogP contribution is 2.34. The molecule has 0 radical (unpaired) electrons. The van der Waals surface area contributed by atoms with Crippen molar-refractivity contribution in [2.24, 2.45) is 11.8 Å². The molecule has 2 saturated heterocycles. The van der Waals surface area contributed by atoms with Gasteiger partial charge >= 0.3 is 0 Å². The van der Waals surface area contributed by atoms with Gasteiger partial charge in [0.05, 0.1) is 17.7 Å². The number of fused-ring (bicyclic) bond motifs is 1. The van der Waals surface area contributed by atoms with Crippen LogP contribution in [0.3, 0.4) is 0 Å². The Hall–Kier alpha value is -2.25. The molecule has 3 heterocycles. The van der Waals surface area contributed by atoms with Crippen LogP contribution in [-0.2, 0) is 4.74 Å². The van der Waals surface area contributed by atoms with Gasteiger partial charge in [-0.1, -0.05) is 17.7 Å². The van der Waals surface area contributed by atoms with Crippen LogP contribution < -0.4 is 5.32 Å². The molecule has 27 heavy (non-hydrogen) atoms. The van der Waals surface area contributed by atoms with E-state index in [1.165, 1.54) is 11.3 Å². The second-order valence-electron chi connectivity index (χ2n) is 7.34. The molecule has 7 heteroatoms. The van der Waals surface area contributed by atoms with Gasteiger partial charge in [0.2, 0.25) is 0 Å². The number of amides is 2. The minimum absolute atomic E-state index is 0.0532. The molecule has 0 saturated carbocycles. The topological polar surface area (TPSA) is 71.5 Å². The monoisotopic (exact) mass is 385 g/mol. The van der Waals surface area contributed by atoms with E-state index in [-0.39, 0.29) is 29.8 Å². The van der Waals surface area contributed by atoms with Crippen LogP contribution in [0.1, 0.15) is 31.4 Å². The maximum atomic E-state index is 12.8.